The second-order valence-corrected chi connectivity index (χ2v) is 24.3. The van der Waals surface area contributed by atoms with E-state index in [1.54, 1.807) is 27.2 Å². The largest absolute Gasteiger partial charge is 0.464 e. The SMILES string of the molecule is CCn1c(-c2cccnc2[C@H](C)OC)c2c3cc(ccc31)-c1cccc(c1)C[C@H](NC(=O)[C@H](C(C)C)N(C)C(=O)C1(F)CCN(C(=O)C#CC(C)(C)N(C)C)CC1)C(=O)N1CCC[C@@]([SiH3])(N1)C(=O)OCC(C)(C)C2. The minimum absolute atomic E-state index is 0.0158. The third kappa shape index (κ3) is 11.6. The molecule has 5 heterocycles. The van der Waals surface area contributed by atoms with Crippen molar-refractivity contribution >= 4 is 50.7 Å². The van der Waals surface area contributed by atoms with Crippen LogP contribution in [0.5, 0.6) is 0 Å². The van der Waals surface area contributed by atoms with Crippen molar-refractivity contribution in [1.29, 1.82) is 0 Å². The van der Waals surface area contributed by atoms with Crippen molar-refractivity contribution < 1.29 is 37.8 Å². The standard InChI is InChI=1S/C57H77FN8O7Si/c1-13-65-45-21-20-40-33-42(45)43(49(65)41-19-15-27-59-47(41)37(4)72-12)34-54(5,6)35-73-53(71)57(74)23-16-28-66(61-57)51(69)44(32-38-17-14-18-39(40)31-38)60-50(68)48(36(2)3)63(11)52(70)56(58)25-29-64(30-26-56)46(67)22-24-55(7,8)62(9)10/h14-15,17-21,27,31,33,36-37,44,48,61H,13,16,23,25-26,28-30,32,34-35H2,1-12,74H3,(H,60,68)/t37-,44-,48-,57-/m0/s1. The molecule has 2 aromatic carbocycles. The molecular formula is C57H77FN8O7Si. The maximum absolute atomic E-state index is 16.8. The summed E-state index contributed by atoms with van der Waals surface area (Å²) in [6.07, 6.45) is 2.61. The van der Waals surface area contributed by atoms with Gasteiger partial charge in [0.05, 0.1) is 29.6 Å². The van der Waals surface area contributed by atoms with Gasteiger partial charge in [-0.25, -0.2) is 9.82 Å². The Morgan fingerprint density at radius 3 is 2.38 bits per heavy atom. The highest BCUT2D eigenvalue weighted by Crippen LogP contribution is 2.42. The van der Waals surface area contributed by atoms with Crippen molar-refractivity contribution in [3.05, 3.63) is 77.6 Å². The molecule has 2 fully saturated rings. The Labute approximate surface area is 439 Å². The van der Waals surface area contributed by atoms with E-state index >= 15 is 4.39 Å². The molecular weight excluding hydrogens is 956 g/mol. The fourth-order valence-electron chi connectivity index (χ4n) is 10.5. The van der Waals surface area contributed by atoms with Gasteiger partial charge in [0.25, 0.3) is 17.7 Å². The molecule has 2 N–H and O–H groups in total. The van der Waals surface area contributed by atoms with Gasteiger partial charge in [0.2, 0.25) is 5.91 Å². The number of amides is 4. The van der Waals surface area contributed by atoms with Gasteiger partial charge in [-0.2, -0.15) is 0 Å². The molecule has 6 bridgehead atoms. The lowest BCUT2D eigenvalue weighted by Crippen LogP contribution is -2.68. The van der Waals surface area contributed by atoms with Crippen LogP contribution in [0, 0.1) is 23.2 Å². The van der Waals surface area contributed by atoms with Crippen molar-refractivity contribution in [2.24, 2.45) is 11.3 Å². The molecule has 17 heteroatoms. The van der Waals surface area contributed by atoms with Gasteiger partial charge in [0.15, 0.2) is 5.67 Å². The van der Waals surface area contributed by atoms with Gasteiger partial charge in [0.1, 0.15) is 17.2 Å². The van der Waals surface area contributed by atoms with Gasteiger partial charge in [-0.15, -0.1) is 0 Å². The number of cyclic esters (lactones) is 1. The van der Waals surface area contributed by atoms with Gasteiger partial charge in [-0.1, -0.05) is 63.9 Å². The van der Waals surface area contributed by atoms with Crippen LogP contribution in [0.2, 0.25) is 0 Å². The molecule has 3 aliphatic rings. The number of benzene rings is 2. The number of hydrogen-bond donors (Lipinski definition) is 2. The lowest BCUT2D eigenvalue weighted by Gasteiger charge is -2.42. The van der Waals surface area contributed by atoms with E-state index in [4.69, 9.17) is 14.5 Å². The molecule has 15 nitrogen and oxygen atoms in total. The highest BCUT2D eigenvalue weighted by atomic mass is 28.1. The van der Waals surface area contributed by atoms with Crippen molar-refractivity contribution in [3.63, 3.8) is 0 Å². The van der Waals surface area contributed by atoms with E-state index in [2.05, 4.69) is 72.2 Å². The predicted octanol–water partition coefficient (Wildman–Crippen LogP) is 5.60. The fourth-order valence-corrected chi connectivity index (χ4v) is 11.3. The zero-order chi connectivity index (χ0) is 54.1. The summed E-state index contributed by atoms with van der Waals surface area (Å²) in [7, 11) is 7.15. The Morgan fingerprint density at radius 2 is 1.72 bits per heavy atom. The highest BCUT2D eigenvalue weighted by molar-refractivity contribution is 6.27. The van der Waals surface area contributed by atoms with Crippen LogP contribution in [0.4, 0.5) is 4.39 Å². The van der Waals surface area contributed by atoms with Crippen LogP contribution in [0.1, 0.15) is 104 Å². The molecule has 74 heavy (non-hydrogen) atoms. The summed E-state index contributed by atoms with van der Waals surface area (Å²) >= 11 is 0. The molecule has 0 saturated carbocycles. The quantitative estimate of drug-likeness (QED) is 0.117. The monoisotopic (exact) mass is 1030 g/mol. The number of carbonyl (C=O) groups excluding carboxylic acids is 5. The summed E-state index contributed by atoms with van der Waals surface area (Å²) in [6.45, 7) is 16.7. The van der Waals surface area contributed by atoms with E-state index < -0.39 is 69.4 Å². The number of piperidine rings is 1. The van der Waals surface area contributed by atoms with Crippen LogP contribution in [0.3, 0.4) is 0 Å². The summed E-state index contributed by atoms with van der Waals surface area (Å²) in [5, 5.41) is 4.36. The lowest BCUT2D eigenvalue weighted by atomic mass is 9.84. The maximum atomic E-state index is 16.8. The number of carbonyl (C=O) groups is 5. The fraction of sp³-hybridized carbons (Fsp3) is 0.544. The van der Waals surface area contributed by atoms with Crippen molar-refractivity contribution in [1.82, 2.24) is 40.0 Å². The predicted molar refractivity (Wildman–Crippen MR) is 289 cm³/mol. The number of hydrazine groups is 1. The van der Waals surface area contributed by atoms with Crippen molar-refractivity contribution in [2.75, 3.05) is 54.5 Å². The van der Waals surface area contributed by atoms with Crippen LogP contribution in [-0.2, 0) is 52.8 Å². The average molecular weight is 1030 g/mol. The number of nitrogens with one attached hydrogen (secondary N) is 2. The van der Waals surface area contributed by atoms with E-state index in [1.165, 1.54) is 17.0 Å². The van der Waals surface area contributed by atoms with E-state index in [0.717, 1.165) is 55.0 Å². The zero-order valence-electron chi connectivity index (χ0n) is 45.8. The molecule has 4 amide bonds. The number of hydrogen-bond acceptors (Lipinski definition) is 10. The number of pyridine rings is 1. The first-order chi connectivity index (χ1) is 34.8. The molecule has 3 aliphatic heterocycles. The minimum atomic E-state index is -2.34. The normalized spacial score (nSPS) is 21.1. The van der Waals surface area contributed by atoms with Crippen molar-refractivity contribution in [2.45, 2.75) is 135 Å². The van der Waals surface area contributed by atoms with Crippen LogP contribution >= 0.6 is 0 Å². The Morgan fingerprint density at radius 1 is 1.01 bits per heavy atom. The van der Waals surface area contributed by atoms with Crippen molar-refractivity contribution in [3.8, 4) is 34.2 Å². The maximum Gasteiger partial charge on any atom is 0.323 e. The number of likely N-dealkylation sites (tertiary alicyclic amines) is 1. The number of halogens is 1. The molecule has 0 radical (unpaired) electrons. The molecule has 0 aliphatic carbocycles. The van der Waals surface area contributed by atoms with Gasteiger partial charge in [-0.05, 0) is 119 Å². The summed E-state index contributed by atoms with van der Waals surface area (Å²) in [5.41, 5.74) is 7.44. The number of likely N-dealkylation sites (N-methyl/N-ethyl adjacent to an activating group) is 1. The number of methoxy groups -OCH3 is 1. The molecule has 0 spiro atoms. The first kappa shape index (κ1) is 55.8. The minimum Gasteiger partial charge on any atom is -0.464 e. The van der Waals surface area contributed by atoms with Gasteiger partial charge in [0, 0.05) is 97.9 Å². The summed E-state index contributed by atoms with van der Waals surface area (Å²) < 4.78 is 31.3. The van der Waals surface area contributed by atoms with Gasteiger partial charge >= 0.3 is 5.97 Å². The number of ether oxygens (including phenoxy) is 2. The second kappa shape index (κ2) is 22.1. The molecule has 4 aromatic rings. The third-order valence-electron chi connectivity index (χ3n) is 15.5. The van der Waals surface area contributed by atoms with Crippen LogP contribution in [0.15, 0.2) is 60.8 Å². The number of fused-ring (bicyclic) bond motifs is 6. The third-order valence-corrected chi connectivity index (χ3v) is 16.6. The lowest BCUT2D eigenvalue weighted by molar-refractivity contribution is -0.158. The topological polar surface area (TPSA) is 159 Å². The number of nitrogens with zero attached hydrogens (tertiary/aromatic N) is 6. The summed E-state index contributed by atoms with van der Waals surface area (Å²) in [4.78, 5) is 80.6. The number of aromatic nitrogens is 2. The number of rotatable bonds is 10. The summed E-state index contributed by atoms with van der Waals surface area (Å²) in [6, 6.07) is 16.1. The molecule has 7 rings (SSSR count). The zero-order valence-corrected chi connectivity index (χ0v) is 47.8. The van der Waals surface area contributed by atoms with Gasteiger partial charge in [-0.3, -0.25) is 38.9 Å². The van der Waals surface area contributed by atoms with E-state index in [-0.39, 0.29) is 51.6 Å². The van der Waals surface area contributed by atoms with E-state index in [0.29, 0.717) is 36.0 Å². The molecule has 4 atom stereocenters. The van der Waals surface area contributed by atoms with Gasteiger partial charge < -0.3 is 29.2 Å². The van der Waals surface area contributed by atoms with E-state index in [9.17, 15) is 24.0 Å². The van der Waals surface area contributed by atoms with Crippen LogP contribution in [-0.4, -0.2) is 152 Å². The molecule has 2 saturated heterocycles. The number of alkyl halides is 1. The Kier molecular flexibility index (Phi) is 16.7. The first-order valence-electron chi connectivity index (χ1n) is 26.1. The van der Waals surface area contributed by atoms with Crippen LogP contribution < -0.4 is 10.7 Å². The average Bonchev–Trinajstić information content (AvgIpc) is 3.67. The number of aryl methyl sites for hydroxylation is 1. The highest BCUT2D eigenvalue weighted by Gasteiger charge is 2.48. The Bertz CT molecular complexity index is 2840. The Balaban J connectivity index is 1.24. The smallest absolute Gasteiger partial charge is 0.323 e. The number of esters is 1. The Hall–Kier alpha value is -5.93. The summed E-state index contributed by atoms with van der Waals surface area (Å²) in [5.74, 6) is 2.36. The first-order valence-corrected chi connectivity index (χ1v) is 27.1. The van der Waals surface area contributed by atoms with Crippen LogP contribution in [0.25, 0.3) is 33.3 Å². The van der Waals surface area contributed by atoms with E-state index in [1.807, 2.05) is 70.1 Å². The second-order valence-electron chi connectivity index (χ2n) is 22.6. The molecule has 0 unspecified atom stereocenters. The molecule has 398 valence electrons. The molecule has 2 aromatic heterocycles.